The highest BCUT2D eigenvalue weighted by Crippen LogP contribution is 2.47. The maximum Gasteiger partial charge on any atom is 0.490 e. The molecule has 2 saturated heterocycles. The largest absolute Gasteiger partial charge is 0.490 e. The van der Waals surface area contributed by atoms with Crippen molar-refractivity contribution < 1.29 is 37.0 Å². The van der Waals surface area contributed by atoms with E-state index in [0.717, 1.165) is 30.8 Å². The van der Waals surface area contributed by atoms with E-state index in [2.05, 4.69) is 4.98 Å². The summed E-state index contributed by atoms with van der Waals surface area (Å²) >= 11 is 1.93. The SMILES string of the molecule is O=C(C1CC(F)C1)N1CC2(CC(OCc3ccncc3)CS2)C1.O=C(O)C(F)(F)F. The summed E-state index contributed by atoms with van der Waals surface area (Å²) in [5.74, 6) is -1.67. The van der Waals surface area contributed by atoms with Crippen molar-refractivity contribution in [2.24, 2.45) is 5.92 Å². The van der Waals surface area contributed by atoms with Gasteiger partial charge in [0.1, 0.15) is 6.17 Å². The van der Waals surface area contributed by atoms with Crippen LogP contribution in [-0.4, -0.2) is 68.9 Å². The molecule has 1 aromatic rings. The number of hydrogen-bond acceptors (Lipinski definition) is 5. The summed E-state index contributed by atoms with van der Waals surface area (Å²) in [6.45, 7) is 2.23. The number of aliphatic carboxylic acids is 1. The number of nitrogens with zero attached hydrogens (tertiary/aromatic N) is 2. The lowest BCUT2D eigenvalue weighted by atomic mass is 9.80. The molecule has 3 aliphatic rings. The predicted molar refractivity (Wildman–Crippen MR) is 101 cm³/mol. The number of pyridine rings is 1. The molecule has 1 amide bonds. The number of carboxylic acid groups (broad SMARTS) is 1. The number of halogens is 4. The van der Waals surface area contributed by atoms with Gasteiger partial charge in [0.15, 0.2) is 0 Å². The van der Waals surface area contributed by atoms with Crippen LogP contribution in [0.1, 0.15) is 24.8 Å². The first-order valence-electron chi connectivity index (χ1n) is 9.45. The monoisotopic (exact) mass is 450 g/mol. The van der Waals surface area contributed by atoms with E-state index < -0.39 is 18.3 Å². The molecule has 0 aromatic carbocycles. The molecule has 30 heavy (non-hydrogen) atoms. The molecule has 3 fully saturated rings. The van der Waals surface area contributed by atoms with Crippen LogP contribution in [0.15, 0.2) is 24.5 Å². The number of rotatable bonds is 4. The second-order valence-corrected chi connectivity index (χ2v) is 9.24. The van der Waals surface area contributed by atoms with Crippen LogP contribution in [-0.2, 0) is 20.9 Å². The van der Waals surface area contributed by atoms with E-state index in [1.54, 1.807) is 12.4 Å². The molecule has 0 bridgehead atoms. The summed E-state index contributed by atoms with van der Waals surface area (Å²) in [6.07, 6.45) is -0.179. The van der Waals surface area contributed by atoms with Gasteiger partial charge >= 0.3 is 12.1 Å². The third kappa shape index (κ3) is 5.63. The number of alkyl halides is 4. The average Bonchev–Trinajstić information content (AvgIpc) is 3.07. The lowest BCUT2D eigenvalue weighted by Gasteiger charge is -2.49. The number of likely N-dealkylation sites (tertiary alicyclic amines) is 1. The first kappa shape index (κ1) is 22.8. The van der Waals surface area contributed by atoms with Crippen molar-refractivity contribution in [2.75, 3.05) is 18.8 Å². The van der Waals surface area contributed by atoms with Crippen LogP contribution in [0.25, 0.3) is 0 Å². The maximum atomic E-state index is 12.9. The molecule has 1 saturated carbocycles. The van der Waals surface area contributed by atoms with Gasteiger partial charge in [-0.25, -0.2) is 9.18 Å². The van der Waals surface area contributed by atoms with Gasteiger partial charge < -0.3 is 14.7 Å². The van der Waals surface area contributed by atoms with Gasteiger partial charge in [-0.15, -0.1) is 11.8 Å². The highest BCUT2D eigenvalue weighted by Gasteiger charge is 2.52. The zero-order valence-electron chi connectivity index (χ0n) is 16.0. The third-order valence-corrected chi connectivity index (χ3v) is 6.93. The zero-order valence-corrected chi connectivity index (χ0v) is 16.8. The molecule has 2 aliphatic heterocycles. The van der Waals surface area contributed by atoms with Gasteiger partial charge in [0.05, 0.1) is 17.5 Å². The number of ether oxygens (including phenoxy) is 1. The van der Waals surface area contributed by atoms with Gasteiger partial charge in [-0.1, -0.05) is 0 Å². The Morgan fingerprint density at radius 1 is 1.27 bits per heavy atom. The van der Waals surface area contributed by atoms with Crippen LogP contribution in [0.3, 0.4) is 0 Å². The first-order valence-corrected chi connectivity index (χ1v) is 10.4. The zero-order chi connectivity index (χ0) is 21.9. The summed E-state index contributed by atoms with van der Waals surface area (Å²) in [5, 5.41) is 7.12. The molecule has 4 rings (SSSR count). The van der Waals surface area contributed by atoms with Crippen molar-refractivity contribution >= 4 is 23.6 Å². The van der Waals surface area contributed by atoms with Gasteiger partial charge in [-0.3, -0.25) is 9.78 Å². The molecule has 6 nitrogen and oxygen atoms in total. The summed E-state index contributed by atoms with van der Waals surface area (Å²) in [7, 11) is 0. The Morgan fingerprint density at radius 2 is 1.87 bits per heavy atom. The van der Waals surface area contributed by atoms with Crippen LogP contribution in [0.4, 0.5) is 17.6 Å². The summed E-state index contributed by atoms with van der Waals surface area (Å²) < 4.78 is 50.8. The van der Waals surface area contributed by atoms with Gasteiger partial charge in [-0.05, 0) is 37.0 Å². The summed E-state index contributed by atoms with van der Waals surface area (Å²) in [5.41, 5.74) is 1.14. The Kier molecular flexibility index (Phi) is 6.91. The van der Waals surface area contributed by atoms with Gasteiger partial charge in [0, 0.05) is 37.2 Å². The van der Waals surface area contributed by atoms with Crippen molar-refractivity contribution in [1.29, 1.82) is 0 Å². The van der Waals surface area contributed by atoms with Crippen molar-refractivity contribution in [3.8, 4) is 0 Å². The number of carbonyl (C=O) groups excluding carboxylic acids is 1. The fourth-order valence-electron chi connectivity index (χ4n) is 3.64. The van der Waals surface area contributed by atoms with Crippen LogP contribution in [0.2, 0.25) is 0 Å². The van der Waals surface area contributed by atoms with Crippen molar-refractivity contribution in [1.82, 2.24) is 9.88 Å². The Bertz CT molecular complexity index is 753. The Labute approximate surface area is 175 Å². The molecular weight excluding hydrogens is 428 g/mol. The molecule has 166 valence electrons. The number of thioether (sulfide) groups is 1. The number of carbonyl (C=O) groups is 2. The molecule has 1 aliphatic carbocycles. The molecule has 1 spiro atoms. The normalized spacial score (nSPS) is 26.9. The number of amides is 1. The van der Waals surface area contributed by atoms with E-state index >= 15 is 0 Å². The van der Waals surface area contributed by atoms with Crippen LogP contribution < -0.4 is 0 Å². The second kappa shape index (κ2) is 9.09. The maximum absolute atomic E-state index is 12.9. The lowest BCUT2D eigenvalue weighted by Crippen LogP contribution is -2.62. The smallest absolute Gasteiger partial charge is 0.475 e. The fraction of sp³-hybridized carbons (Fsp3) is 0.632. The van der Waals surface area contributed by atoms with E-state index in [1.165, 1.54) is 0 Å². The second-order valence-electron chi connectivity index (χ2n) is 7.75. The highest BCUT2D eigenvalue weighted by atomic mass is 32.2. The predicted octanol–water partition coefficient (Wildman–Crippen LogP) is 3.07. The van der Waals surface area contributed by atoms with E-state index in [4.69, 9.17) is 14.6 Å². The Morgan fingerprint density at radius 3 is 2.40 bits per heavy atom. The van der Waals surface area contributed by atoms with E-state index in [0.29, 0.717) is 19.4 Å². The van der Waals surface area contributed by atoms with Crippen molar-refractivity contribution in [2.45, 2.75) is 49.1 Å². The van der Waals surface area contributed by atoms with E-state index in [-0.39, 0.29) is 22.7 Å². The molecule has 1 aromatic heterocycles. The number of carboxylic acids is 1. The topological polar surface area (TPSA) is 79.7 Å². The average molecular weight is 450 g/mol. The van der Waals surface area contributed by atoms with Crippen LogP contribution in [0.5, 0.6) is 0 Å². The van der Waals surface area contributed by atoms with Gasteiger partial charge in [0.2, 0.25) is 5.91 Å². The fourth-order valence-corrected chi connectivity index (χ4v) is 5.19. The van der Waals surface area contributed by atoms with Crippen molar-refractivity contribution in [3.05, 3.63) is 30.1 Å². The minimum atomic E-state index is -5.08. The van der Waals surface area contributed by atoms with Crippen LogP contribution >= 0.6 is 11.8 Å². The molecule has 0 radical (unpaired) electrons. The van der Waals surface area contributed by atoms with Gasteiger partial charge in [0.25, 0.3) is 0 Å². The van der Waals surface area contributed by atoms with E-state index in [9.17, 15) is 22.4 Å². The molecule has 1 unspecified atom stereocenters. The highest BCUT2D eigenvalue weighted by molar-refractivity contribution is 8.01. The minimum absolute atomic E-state index is 0.0625. The molecule has 1 N–H and O–H groups in total. The van der Waals surface area contributed by atoms with E-state index in [1.807, 2.05) is 28.8 Å². The quantitative estimate of drug-likeness (QED) is 0.711. The summed E-state index contributed by atoms with van der Waals surface area (Å²) in [4.78, 5) is 27.0. The lowest BCUT2D eigenvalue weighted by molar-refractivity contribution is -0.192. The molecule has 11 heteroatoms. The van der Waals surface area contributed by atoms with Crippen LogP contribution in [0, 0.1) is 5.92 Å². The van der Waals surface area contributed by atoms with Gasteiger partial charge in [-0.2, -0.15) is 13.2 Å². The molecule has 3 heterocycles. The summed E-state index contributed by atoms with van der Waals surface area (Å²) in [6, 6.07) is 3.94. The first-order chi connectivity index (χ1) is 14.1. The minimum Gasteiger partial charge on any atom is -0.475 e. The van der Waals surface area contributed by atoms with Crippen molar-refractivity contribution in [3.63, 3.8) is 0 Å². The Balaban J connectivity index is 0.000000318. The third-order valence-electron chi connectivity index (χ3n) is 5.35. The number of aromatic nitrogens is 1. The standard InChI is InChI=1S/C17H21FN2O2S.C2HF3O2/c18-14-5-13(6-14)16(21)20-10-17(11-20)7-15(9-23-17)22-8-12-1-3-19-4-2-12;3-2(4,5)1(6)7/h1-4,13-15H,5-11H2;(H,6,7). The molecule has 1 atom stereocenters. The number of hydrogen-bond donors (Lipinski definition) is 1. The Hall–Kier alpha value is -1.88. The molecular formula is C19H22F4N2O4S.